The quantitative estimate of drug-likeness (QED) is 0.659. The predicted octanol–water partition coefficient (Wildman–Crippen LogP) is -0.917. The molecule has 0 amide bonds. The fraction of sp³-hybridized carbons (Fsp3) is 0.875. The Morgan fingerprint density at radius 1 is 1.60 bits per heavy atom. The zero-order valence-corrected chi connectivity index (χ0v) is 9.62. The van der Waals surface area contributed by atoms with Gasteiger partial charge in [-0.15, -0.1) is 0 Å². The maximum absolute atomic E-state index is 11.5. The van der Waals surface area contributed by atoms with E-state index in [2.05, 4.69) is 4.72 Å². The predicted molar refractivity (Wildman–Crippen MR) is 55.1 cm³/mol. The highest BCUT2D eigenvalue weighted by atomic mass is 32.2. The van der Waals surface area contributed by atoms with E-state index in [-0.39, 0.29) is 6.04 Å². The van der Waals surface area contributed by atoms with Crippen molar-refractivity contribution in [2.24, 2.45) is 0 Å². The Hall–Kier alpha value is -0.660. The van der Waals surface area contributed by atoms with Gasteiger partial charge in [-0.25, -0.2) is 13.1 Å². The van der Waals surface area contributed by atoms with Crippen LogP contribution in [0.2, 0.25) is 0 Å². The summed E-state index contributed by atoms with van der Waals surface area (Å²) in [7, 11) is -1.84. The summed E-state index contributed by atoms with van der Waals surface area (Å²) >= 11 is 0. The van der Waals surface area contributed by atoms with Crippen molar-refractivity contribution in [3.05, 3.63) is 0 Å². The first-order chi connectivity index (χ1) is 6.83. The van der Waals surface area contributed by atoms with E-state index in [1.165, 1.54) is 6.92 Å². The van der Waals surface area contributed by atoms with Crippen molar-refractivity contribution in [2.75, 3.05) is 20.1 Å². The van der Waals surface area contributed by atoms with Crippen molar-refractivity contribution in [3.8, 4) is 0 Å². The summed E-state index contributed by atoms with van der Waals surface area (Å²) < 4.78 is 25.5. The van der Waals surface area contributed by atoms with E-state index in [0.717, 1.165) is 13.0 Å². The second-order valence-electron chi connectivity index (χ2n) is 3.89. The third kappa shape index (κ3) is 3.15. The van der Waals surface area contributed by atoms with Crippen molar-refractivity contribution in [3.63, 3.8) is 0 Å². The molecular weight excluding hydrogens is 220 g/mol. The van der Waals surface area contributed by atoms with E-state index in [0.29, 0.717) is 6.54 Å². The molecule has 1 rings (SSSR count). The van der Waals surface area contributed by atoms with Crippen molar-refractivity contribution in [2.45, 2.75) is 24.6 Å². The van der Waals surface area contributed by atoms with Crippen LogP contribution in [0.25, 0.3) is 0 Å². The number of nitrogens with zero attached hydrogens (tertiary/aromatic N) is 1. The lowest BCUT2D eigenvalue weighted by atomic mass is 10.3. The number of hydrogen-bond acceptors (Lipinski definition) is 4. The van der Waals surface area contributed by atoms with Gasteiger partial charge in [0.15, 0.2) is 5.25 Å². The van der Waals surface area contributed by atoms with E-state index in [4.69, 9.17) is 5.11 Å². The van der Waals surface area contributed by atoms with Gasteiger partial charge in [-0.05, 0) is 26.9 Å². The molecule has 0 bridgehead atoms. The van der Waals surface area contributed by atoms with Gasteiger partial charge < -0.3 is 10.0 Å². The van der Waals surface area contributed by atoms with Crippen LogP contribution in [0.15, 0.2) is 0 Å². The number of carboxylic acids is 1. The summed E-state index contributed by atoms with van der Waals surface area (Å²) in [6, 6.07) is -0.165. The van der Waals surface area contributed by atoms with Gasteiger partial charge in [0, 0.05) is 12.6 Å². The van der Waals surface area contributed by atoms with Gasteiger partial charge in [-0.2, -0.15) is 0 Å². The van der Waals surface area contributed by atoms with Gasteiger partial charge in [0.05, 0.1) is 0 Å². The molecule has 2 unspecified atom stereocenters. The Bertz CT molecular complexity index is 341. The molecule has 7 heteroatoms. The lowest BCUT2D eigenvalue weighted by Gasteiger charge is -2.15. The van der Waals surface area contributed by atoms with Crippen LogP contribution in [0.1, 0.15) is 13.3 Å². The van der Waals surface area contributed by atoms with Gasteiger partial charge >= 0.3 is 5.97 Å². The molecule has 0 aromatic heterocycles. The molecule has 1 aliphatic heterocycles. The van der Waals surface area contributed by atoms with Crippen LogP contribution in [0.5, 0.6) is 0 Å². The molecule has 0 aromatic carbocycles. The second-order valence-corrected chi connectivity index (χ2v) is 5.92. The van der Waals surface area contributed by atoms with Gasteiger partial charge in [0.1, 0.15) is 0 Å². The molecule has 1 aliphatic rings. The van der Waals surface area contributed by atoms with E-state index in [1.807, 2.05) is 11.9 Å². The molecule has 88 valence electrons. The standard InChI is InChI=1S/C8H16N2O4S/c1-6(8(11)12)15(13,14)9-7-3-4-10(2)5-7/h6-7,9H,3-5H2,1-2H3,(H,11,12). The normalized spacial score (nSPS) is 25.3. The highest BCUT2D eigenvalue weighted by Crippen LogP contribution is 2.09. The number of rotatable bonds is 4. The minimum atomic E-state index is -3.74. The van der Waals surface area contributed by atoms with E-state index < -0.39 is 21.2 Å². The zero-order chi connectivity index (χ0) is 11.6. The number of hydrogen-bond donors (Lipinski definition) is 2. The van der Waals surface area contributed by atoms with E-state index in [9.17, 15) is 13.2 Å². The van der Waals surface area contributed by atoms with Crippen LogP contribution in [0.4, 0.5) is 0 Å². The molecule has 0 spiro atoms. The first kappa shape index (κ1) is 12.4. The first-order valence-corrected chi connectivity index (χ1v) is 6.30. The third-order valence-corrected chi connectivity index (χ3v) is 4.33. The molecule has 1 saturated heterocycles. The zero-order valence-electron chi connectivity index (χ0n) is 8.80. The maximum atomic E-state index is 11.5. The molecule has 1 heterocycles. The highest BCUT2D eigenvalue weighted by Gasteiger charge is 2.31. The summed E-state index contributed by atoms with van der Waals surface area (Å²) in [4.78, 5) is 12.6. The highest BCUT2D eigenvalue weighted by molar-refractivity contribution is 7.90. The fourth-order valence-corrected chi connectivity index (χ4v) is 2.62. The minimum Gasteiger partial charge on any atom is -0.480 e. The van der Waals surface area contributed by atoms with Gasteiger partial charge in [-0.1, -0.05) is 0 Å². The van der Waals surface area contributed by atoms with Crippen LogP contribution >= 0.6 is 0 Å². The molecular formula is C8H16N2O4S. The Labute approximate surface area is 89.3 Å². The minimum absolute atomic E-state index is 0.165. The Balaban J connectivity index is 2.61. The van der Waals surface area contributed by atoms with Crippen LogP contribution in [0.3, 0.4) is 0 Å². The average Bonchev–Trinajstić information content (AvgIpc) is 2.48. The Morgan fingerprint density at radius 3 is 2.60 bits per heavy atom. The summed E-state index contributed by atoms with van der Waals surface area (Å²) in [5, 5.41) is 7.21. The molecule has 2 atom stereocenters. The third-order valence-electron chi connectivity index (χ3n) is 2.54. The van der Waals surface area contributed by atoms with Crippen molar-refractivity contribution in [1.82, 2.24) is 9.62 Å². The molecule has 0 radical (unpaired) electrons. The molecule has 0 aliphatic carbocycles. The lowest BCUT2D eigenvalue weighted by molar-refractivity contribution is -0.136. The number of sulfonamides is 1. The molecule has 0 aromatic rings. The largest absolute Gasteiger partial charge is 0.480 e. The maximum Gasteiger partial charge on any atom is 0.323 e. The molecule has 2 N–H and O–H groups in total. The monoisotopic (exact) mass is 236 g/mol. The number of aliphatic carboxylic acids is 1. The Morgan fingerprint density at radius 2 is 2.20 bits per heavy atom. The van der Waals surface area contributed by atoms with Crippen LogP contribution in [0, 0.1) is 0 Å². The molecule has 1 fully saturated rings. The summed E-state index contributed by atoms with van der Waals surface area (Å²) in [5.41, 5.74) is 0. The first-order valence-electron chi connectivity index (χ1n) is 4.75. The summed E-state index contributed by atoms with van der Waals surface area (Å²) in [6.45, 7) is 2.63. The summed E-state index contributed by atoms with van der Waals surface area (Å²) in [5.74, 6) is -1.33. The molecule has 15 heavy (non-hydrogen) atoms. The molecule has 0 saturated carbocycles. The van der Waals surface area contributed by atoms with Crippen molar-refractivity contribution >= 4 is 16.0 Å². The fourth-order valence-electron chi connectivity index (χ4n) is 1.50. The average molecular weight is 236 g/mol. The SMILES string of the molecule is CC(C(=O)O)S(=O)(=O)NC1CCN(C)C1. The Kier molecular flexibility index (Phi) is 3.69. The van der Waals surface area contributed by atoms with E-state index in [1.54, 1.807) is 0 Å². The van der Waals surface area contributed by atoms with Gasteiger partial charge in [0.25, 0.3) is 0 Å². The number of carbonyl (C=O) groups is 1. The lowest BCUT2D eigenvalue weighted by Crippen LogP contribution is -2.43. The molecule has 6 nitrogen and oxygen atoms in total. The number of likely N-dealkylation sites (N-methyl/N-ethyl adjacent to an activating group) is 1. The van der Waals surface area contributed by atoms with Gasteiger partial charge in [-0.3, -0.25) is 4.79 Å². The number of nitrogens with one attached hydrogen (secondary N) is 1. The number of likely N-dealkylation sites (tertiary alicyclic amines) is 1. The number of carboxylic acid groups (broad SMARTS) is 1. The van der Waals surface area contributed by atoms with Crippen LogP contribution in [-0.2, 0) is 14.8 Å². The smallest absolute Gasteiger partial charge is 0.323 e. The van der Waals surface area contributed by atoms with E-state index >= 15 is 0 Å². The second kappa shape index (κ2) is 4.46. The van der Waals surface area contributed by atoms with Crippen molar-refractivity contribution < 1.29 is 18.3 Å². The van der Waals surface area contributed by atoms with Gasteiger partial charge in [0.2, 0.25) is 10.0 Å². The van der Waals surface area contributed by atoms with Crippen LogP contribution in [-0.4, -0.2) is 55.8 Å². The topological polar surface area (TPSA) is 86.7 Å². The van der Waals surface area contributed by atoms with Crippen LogP contribution < -0.4 is 4.72 Å². The van der Waals surface area contributed by atoms with Crippen molar-refractivity contribution in [1.29, 1.82) is 0 Å². The summed E-state index contributed by atoms with van der Waals surface area (Å²) in [6.07, 6.45) is 0.724.